The SMILES string of the molecule is CCc1[nH]c(C(=O)N[C@@H]2CCN(c3nnc(C(C)(C)O)s3)C[C@@H]2OC)nc1Cl. The zero-order chi connectivity index (χ0) is 20.5. The summed E-state index contributed by atoms with van der Waals surface area (Å²) in [6, 6.07) is -0.163. The summed E-state index contributed by atoms with van der Waals surface area (Å²) in [5.74, 6) is -0.0968. The van der Waals surface area contributed by atoms with Crippen molar-refractivity contribution in [3.05, 3.63) is 21.7 Å². The normalized spacial score (nSPS) is 20.4. The number of rotatable bonds is 6. The molecule has 3 rings (SSSR count). The number of hydrogen-bond donors (Lipinski definition) is 3. The predicted octanol–water partition coefficient (Wildman–Crippen LogP) is 1.73. The van der Waals surface area contributed by atoms with Crippen LogP contribution in [0.4, 0.5) is 5.13 Å². The molecule has 1 saturated heterocycles. The van der Waals surface area contributed by atoms with Gasteiger partial charge >= 0.3 is 0 Å². The van der Waals surface area contributed by atoms with Crippen molar-refractivity contribution < 1.29 is 14.6 Å². The van der Waals surface area contributed by atoms with Crippen molar-refractivity contribution in [1.82, 2.24) is 25.5 Å². The number of methoxy groups -OCH3 is 1. The monoisotopic (exact) mass is 428 g/mol. The van der Waals surface area contributed by atoms with E-state index in [1.807, 2.05) is 6.92 Å². The Morgan fingerprint density at radius 2 is 2.25 bits per heavy atom. The van der Waals surface area contributed by atoms with Gasteiger partial charge in [-0.25, -0.2) is 4.98 Å². The molecule has 1 aliphatic heterocycles. The quantitative estimate of drug-likeness (QED) is 0.641. The highest BCUT2D eigenvalue weighted by Gasteiger charge is 2.33. The van der Waals surface area contributed by atoms with Crippen LogP contribution in [0.3, 0.4) is 0 Å². The van der Waals surface area contributed by atoms with E-state index in [2.05, 4.69) is 30.4 Å². The van der Waals surface area contributed by atoms with Crippen LogP contribution in [-0.2, 0) is 16.8 Å². The molecule has 3 N–H and O–H groups in total. The minimum atomic E-state index is -1.02. The number of carbonyl (C=O) groups excluding carboxylic acids is 1. The van der Waals surface area contributed by atoms with E-state index in [1.54, 1.807) is 21.0 Å². The molecule has 3 heterocycles. The summed E-state index contributed by atoms with van der Waals surface area (Å²) in [7, 11) is 1.62. The van der Waals surface area contributed by atoms with E-state index in [4.69, 9.17) is 16.3 Å². The van der Waals surface area contributed by atoms with Gasteiger partial charge in [0.05, 0.1) is 17.8 Å². The van der Waals surface area contributed by atoms with E-state index < -0.39 is 5.60 Å². The summed E-state index contributed by atoms with van der Waals surface area (Å²) in [6.45, 7) is 6.55. The van der Waals surface area contributed by atoms with E-state index in [1.165, 1.54) is 11.3 Å². The summed E-state index contributed by atoms with van der Waals surface area (Å²) in [5, 5.41) is 23.0. The lowest BCUT2D eigenvalue weighted by atomic mass is 10.0. The fourth-order valence-electron chi connectivity index (χ4n) is 3.05. The largest absolute Gasteiger partial charge is 0.383 e. The molecule has 9 nitrogen and oxygen atoms in total. The number of aromatic nitrogens is 4. The average Bonchev–Trinajstić information content (AvgIpc) is 3.28. The summed E-state index contributed by atoms with van der Waals surface area (Å²) >= 11 is 7.38. The number of halogens is 1. The Morgan fingerprint density at radius 3 is 2.82 bits per heavy atom. The number of hydrogen-bond acceptors (Lipinski definition) is 8. The summed E-state index contributed by atoms with van der Waals surface area (Å²) in [5.41, 5.74) is -0.284. The smallest absolute Gasteiger partial charge is 0.287 e. The number of amides is 1. The fraction of sp³-hybridized carbons (Fsp3) is 0.647. The molecule has 11 heteroatoms. The van der Waals surface area contributed by atoms with Crippen molar-refractivity contribution in [2.24, 2.45) is 0 Å². The summed E-state index contributed by atoms with van der Waals surface area (Å²) < 4.78 is 5.61. The standard InChI is InChI=1S/C17H25ClN6O3S/c1-5-9-12(18)21-13(19-9)14(25)20-10-6-7-24(8-11(10)27-4)16-23-22-15(28-16)17(2,3)26/h10-11,26H,5-8H2,1-4H3,(H,19,21)(H,20,25)/t10-,11+/m1/s1. The molecular weight excluding hydrogens is 404 g/mol. The molecule has 0 radical (unpaired) electrons. The molecule has 1 fully saturated rings. The second-order valence-electron chi connectivity index (χ2n) is 7.25. The molecule has 154 valence electrons. The number of aryl methyl sites for hydroxylation is 1. The van der Waals surface area contributed by atoms with Gasteiger partial charge in [0.2, 0.25) is 5.13 Å². The van der Waals surface area contributed by atoms with Crippen molar-refractivity contribution in [2.45, 2.75) is 51.4 Å². The number of H-pyrrole nitrogens is 1. The predicted molar refractivity (Wildman–Crippen MR) is 107 cm³/mol. The van der Waals surface area contributed by atoms with Crippen molar-refractivity contribution >= 4 is 34.0 Å². The van der Waals surface area contributed by atoms with E-state index in [0.29, 0.717) is 36.1 Å². The third kappa shape index (κ3) is 4.45. The van der Waals surface area contributed by atoms with Crippen LogP contribution in [0.25, 0.3) is 0 Å². The first-order chi connectivity index (χ1) is 13.2. The number of aliphatic hydroxyl groups is 1. The van der Waals surface area contributed by atoms with Gasteiger partial charge in [0.15, 0.2) is 11.0 Å². The maximum atomic E-state index is 12.5. The van der Waals surface area contributed by atoms with Gasteiger partial charge in [0.1, 0.15) is 10.6 Å². The number of imidazole rings is 1. The first-order valence-electron chi connectivity index (χ1n) is 9.12. The molecule has 2 atom stereocenters. The van der Waals surface area contributed by atoms with Crippen molar-refractivity contribution in [3.63, 3.8) is 0 Å². The van der Waals surface area contributed by atoms with Crippen molar-refractivity contribution in [2.75, 3.05) is 25.1 Å². The average molecular weight is 429 g/mol. The van der Waals surface area contributed by atoms with E-state index in [0.717, 1.165) is 10.8 Å². The molecule has 0 bridgehead atoms. The third-order valence-electron chi connectivity index (χ3n) is 4.68. The van der Waals surface area contributed by atoms with Gasteiger partial charge in [-0.05, 0) is 26.7 Å². The molecule has 2 aromatic heterocycles. The van der Waals surface area contributed by atoms with Gasteiger partial charge in [-0.3, -0.25) is 4.79 Å². The number of piperidine rings is 1. The van der Waals surface area contributed by atoms with Crippen molar-refractivity contribution in [1.29, 1.82) is 0 Å². The first-order valence-corrected chi connectivity index (χ1v) is 10.3. The molecule has 2 aromatic rings. The maximum Gasteiger partial charge on any atom is 0.287 e. The Morgan fingerprint density at radius 1 is 1.50 bits per heavy atom. The molecule has 0 spiro atoms. The Balaban J connectivity index is 1.65. The summed E-state index contributed by atoms with van der Waals surface area (Å²) in [4.78, 5) is 21.6. The Labute approximate surface area is 172 Å². The van der Waals surface area contributed by atoms with Crippen molar-refractivity contribution in [3.8, 4) is 0 Å². The highest BCUT2D eigenvalue weighted by molar-refractivity contribution is 7.15. The Hall–Kier alpha value is -1.75. The fourth-order valence-corrected chi connectivity index (χ4v) is 4.20. The van der Waals surface area contributed by atoms with Crippen LogP contribution in [0, 0.1) is 0 Å². The molecule has 0 aliphatic carbocycles. The lowest BCUT2D eigenvalue weighted by Crippen LogP contribution is -2.55. The number of carbonyl (C=O) groups is 1. The second kappa shape index (κ2) is 8.32. The topological polar surface area (TPSA) is 116 Å². The molecule has 28 heavy (non-hydrogen) atoms. The molecule has 0 aromatic carbocycles. The van der Waals surface area contributed by atoms with Crippen LogP contribution in [0.15, 0.2) is 0 Å². The van der Waals surface area contributed by atoms with Crippen LogP contribution >= 0.6 is 22.9 Å². The molecule has 0 saturated carbocycles. The van der Waals surface area contributed by atoms with Crippen LogP contribution in [0.1, 0.15) is 48.5 Å². The Bertz CT molecular complexity index is 833. The second-order valence-corrected chi connectivity index (χ2v) is 8.56. The molecule has 1 aliphatic rings. The lowest BCUT2D eigenvalue weighted by Gasteiger charge is -2.37. The number of nitrogens with zero attached hydrogens (tertiary/aromatic N) is 4. The molecule has 1 amide bonds. The van der Waals surface area contributed by atoms with Crippen LogP contribution < -0.4 is 10.2 Å². The number of aromatic amines is 1. The van der Waals surface area contributed by atoms with Gasteiger partial charge in [0, 0.05) is 20.2 Å². The minimum absolute atomic E-state index is 0.163. The van der Waals surface area contributed by atoms with E-state index in [9.17, 15) is 9.90 Å². The molecular formula is C17H25ClN6O3S. The van der Waals surface area contributed by atoms with E-state index >= 15 is 0 Å². The Kier molecular flexibility index (Phi) is 6.23. The number of anilines is 1. The van der Waals surface area contributed by atoms with Gasteiger partial charge in [-0.1, -0.05) is 29.9 Å². The van der Waals surface area contributed by atoms with Gasteiger partial charge in [-0.15, -0.1) is 10.2 Å². The summed E-state index contributed by atoms with van der Waals surface area (Å²) in [6.07, 6.45) is 1.13. The zero-order valence-electron chi connectivity index (χ0n) is 16.3. The minimum Gasteiger partial charge on any atom is -0.383 e. The van der Waals surface area contributed by atoms with E-state index in [-0.39, 0.29) is 23.9 Å². The van der Waals surface area contributed by atoms with Gasteiger partial charge in [0.25, 0.3) is 5.91 Å². The highest BCUT2D eigenvalue weighted by Crippen LogP contribution is 2.30. The lowest BCUT2D eigenvalue weighted by molar-refractivity contribution is 0.0538. The number of ether oxygens (including phenoxy) is 1. The highest BCUT2D eigenvalue weighted by atomic mass is 35.5. The van der Waals surface area contributed by atoms with Crippen LogP contribution in [0.2, 0.25) is 5.15 Å². The van der Waals surface area contributed by atoms with Crippen LogP contribution in [0.5, 0.6) is 0 Å². The van der Waals surface area contributed by atoms with Crippen LogP contribution in [-0.4, -0.2) is 63.5 Å². The number of nitrogens with one attached hydrogen (secondary N) is 2. The zero-order valence-corrected chi connectivity index (χ0v) is 17.9. The first kappa shape index (κ1) is 21.0. The van der Waals surface area contributed by atoms with Gasteiger partial charge in [-0.2, -0.15) is 0 Å². The third-order valence-corrected chi connectivity index (χ3v) is 6.29. The van der Waals surface area contributed by atoms with Gasteiger partial charge < -0.3 is 25.0 Å². The molecule has 0 unspecified atom stereocenters. The maximum absolute atomic E-state index is 12.5.